The second-order valence-electron chi connectivity index (χ2n) is 15.6. The zero-order valence-corrected chi connectivity index (χ0v) is 33.1. The van der Waals surface area contributed by atoms with Crippen molar-refractivity contribution in [1.29, 1.82) is 0 Å². The van der Waals surface area contributed by atoms with Crippen LogP contribution in [-0.4, -0.2) is 0 Å². The van der Waals surface area contributed by atoms with Crippen molar-refractivity contribution in [2.45, 2.75) is 0 Å². The Morgan fingerprint density at radius 3 is 1.34 bits per heavy atom. The summed E-state index contributed by atoms with van der Waals surface area (Å²) in [5, 5.41) is 6.76. The summed E-state index contributed by atoms with van der Waals surface area (Å²) in [6.07, 6.45) is 0. The molecular formula is C58H37NO2. The highest BCUT2D eigenvalue weighted by atomic mass is 16.3. The van der Waals surface area contributed by atoms with Crippen LogP contribution in [0.25, 0.3) is 99.2 Å². The van der Waals surface area contributed by atoms with Gasteiger partial charge in [0.05, 0.1) is 0 Å². The molecule has 0 unspecified atom stereocenters. The van der Waals surface area contributed by atoms with Crippen LogP contribution >= 0.6 is 0 Å². The molecule has 0 radical (unpaired) electrons. The molecule has 2 heterocycles. The van der Waals surface area contributed by atoms with E-state index >= 15 is 0 Å². The Kier molecular flexibility index (Phi) is 8.17. The number of nitrogens with zero attached hydrogens (tertiary/aromatic N) is 1. The van der Waals surface area contributed by atoms with E-state index in [4.69, 9.17) is 8.83 Å². The van der Waals surface area contributed by atoms with Gasteiger partial charge in [-0.25, -0.2) is 0 Å². The molecule has 2 aromatic heterocycles. The molecule has 10 aromatic carbocycles. The van der Waals surface area contributed by atoms with Gasteiger partial charge in [-0.3, -0.25) is 0 Å². The van der Waals surface area contributed by atoms with Crippen LogP contribution in [0.3, 0.4) is 0 Å². The van der Waals surface area contributed by atoms with Gasteiger partial charge < -0.3 is 13.7 Å². The summed E-state index contributed by atoms with van der Waals surface area (Å²) in [4.78, 5) is 2.34. The highest BCUT2D eigenvalue weighted by Crippen LogP contribution is 2.45. The molecule has 286 valence electrons. The van der Waals surface area contributed by atoms with Gasteiger partial charge >= 0.3 is 0 Å². The standard InChI is InChI=1S/C58H37NO2/c1-3-12-38(13-4-1)40-24-31-44(32-25-40)59(45-33-26-41(27-34-45)39-14-5-2-6-15-39)46-35-28-42(29-36-46)47-18-9-16-43-30-37-54-56(55(43)47)52-22-11-21-51(58(52)61-54)50-20-10-19-49-48-17-7-8-23-53(48)60-57(49)50/h1-37H. The van der Waals surface area contributed by atoms with Crippen LogP contribution in [0.4, 0.5) is 17.1 Å². The van der Waals surface area contributed by atoms with Crippen molar-refractivity contribution in [1.82, 2.24) is 0 Å². The minimum atomic E-state index is 0.857. The molecule has 12 rings (SSSR count). The van der Waals surface area contributed by atoms with Gasteiger partial charge in [0.1, 0.15) is 22.3 Å². The first-order valence-corrected chi connectivity index (χ1v) is 20.7. The Morgan fingerprint density at radius 2 is 0.721 bits per heavy atom. The van der Waals surface area contributed by atoms with Crippen molar-refractivity contribution in [3.05, 3.63) is 224 Å². The maximum Gasteiger partial charge on any atom is 0.143 e. The van der Waals surface area contributed by atoms with E-state index in [9.17, 15) is 0 Å². The number of anilines is 3. The molecule has 0 atom stereocenters. The van der Waals surface area contributed by atoms with Crippen molar-refractivity contribution in [2.75, 3.05) is 4.90 Å². The second-order valence-corrected chi connectivity index (χ2v) is 15.6. The van der Waals surface area contributed by atoms with Crippen molar-refractivity contribution >= 4 is 71.7 Å². The lowest BCUT2D eigenvalue weighted by Gasteiger charge is -2.26. The Bertz CT molecular complexity index is 3460. The Morgan fingerprint density at radius 1 is 0.262 bits per heavy atom. The Hall–Kier alpha value is -8.14. The van der Waals surface area contributed by atoms with Gasteiger partial charge in [0.25, 0.3) is 0 Å². The first kappa shape index (κ1) is 34.9. The smallest absolute Gasteiger partial charge is 0.143 e. The van der Waals surface area contributed by atoms with Crippen molar-refractivity contribution in [3.63, 3.8) is 0 Å². The third-order valence-electron chi connectivity index (χ3n) is 12.1. The maximum atomic E-state index is 6.83. The summed E-state index contributed by atoms with van der Waals surface area (Å²) in [5.74, 6) is 0. The number of hydrogen-bond acceptors (Lipinski definition) is 3. The molecule has 0 fully saturated rings. The van der Waals surface area contributed by atoms with Gasteiger partial charge in [0, 0.05) is 55.1 Å². The predicted molar refractivity (Wildman–Crippen MR) is 255 cm³/mol. The minimum absolute atomic E-state index is 0.857. The zero-order valence-electron chi connectivity index (χ0n) is 33.1. The summed E-state index contributed by atoms with van der Waals surface area (Å²) in [5.41, 5.74) is 15.8. The average Bonchev–Trinajstić information content (AvgIpc) is 3.92. The number of hydrogen-bond donors (Lipinski definition) is 0. The number of para-hydroxylation sites is 3. The number of fused-ring (bicyclic) bond motifs is 8. The molecule has 61 heavy (non-hydrogen) atoms. The molecule has 0 saturated heterocycles. The second kappa shape index (κ2) is 14.3. The number of rotatable bonds is 7. The molecule has 0 aliphatic rings. The third kappa shape index (κ3) is 5.90. The lowest BCUT2D eigenvalue weighted by atomic mass is 9.93. The van der Waals surface area contributed by atoms with Gasteiger partial charge in [-0.1, -0.05) is 176 Å². The summed E-state index contributed by atoms with van der Waals surface area (Å²) in [7, 11) is 0. The molecular weight excluding hydrogens is 743 g/mol. The monoisotopic (exact) mass is 779 g/mol. The maximum absolute atomic E-state index is 6.83. The fourth-order valence-electron chi connectivity index (χ4n) is 9.18. The van der Waals surface area contributed by atoms with Gasteiger partial charge in [-0.15, -0.1) is 0 Å². The van der Waals surface area contributed by atoms with Gasteiger partial charge in [0.15, 0.2) is 0 Å². The van der Waals surface area contributed by atoms with E-state index in [2.05, 4.69) is 217 Å². The fraction of sp³-hybridized carbons (Fsp3) is 0. The molecule has 0 aliphatic carbocycles. The van der Waals surface area contributed by atoms with Crippen molar-refractivity contribution < 1.29 is 8.83 Å². The van der Waals surface area contributed by atoms with Crippen LogP contribution in [-0.2, 0) is 0 Å². The molecule has 0 N–H and O–H groups in total. The normalized spacial score (nSPS) is 11.6. The fourth-order valence-corrected chi connectivity index (χ4v) is 9.18. The molecule has 0 saturated carbocycles. The topological polar surface area (TPSA) is 29.5 Å². The lowest BCUT2D eigenvalue weighted by molar-refractivity contribution is 0.665. The molecule has 3 nitrogen and oxygen atoms in total. The van der Waals surface area contributed by atoms with Gasteiger partial charge in [-0.2, -0.15) is 0 Å². The molecule has 3 heteroatoms. The SMILES string of the molecule is c1ccc(-c2ccc(N(c3ccc(-c4ccccc4)cc3)c3ccc(-c4cccc5ccc6oc7c(-c8cccc9c8oc8ccccc89)cccc7c6c45)cc3)cc2)cc1. The molecule has 0 amide bonds. The number of benzene rings is 10. The first-order chi connectivity index (χ1) is 30.2. The van der Waals surface area contributed by atoms with Crippen LogP contribution in [0.1, 0.15) is 0 Å². The average molecular weight is 780 g/mol. The largest absolute Gasteiger partial charge is 0.455 e. The van der Waals surface area contributed by atoms with E-state index in [1.165, 1.54) is 33.0 Å². The quantitative estimate of drug-likeness (QED) is 0.161. The van der Waals surface area contributed by atoms with E-state index in [1.54, 1.807) is 0 Å². The summed E-state index contributed by atoms with van der Waals surface area (Å²) >= 11 is 0. The predicted octanol–water partition coefficient (Wildman–Crippen LogP) is 16.8. The van der Waals surface area contributed by atoms with Crippen LogP contribution in [0.5, 0.6) is 0 Å². The third-order valence-corrected chi connectivity index (χ3v) is 12.1. The number of furan rings is 2. The first-order valence-electron chi connectivity index (χ1n) is 20.7. The van der Waals surface area contributed by atoms with E-state index < -0.39 is 0 Å². The highest BCUT2D eigenvalue weighted by molar-refractivity contribution is 6.25. The van der Waals surface area contributed by atoms with Gasteiger partial charge in [0.2, 0.25) is 0 Å². The van der Waals surface area contributed by atoms with E-state index in [0.717, 1.165) is 83.2 Å². The van der Waals surface area contributed by atoms with E-state index in [-0.39, 0.29) is 0 Å². The molecule has 12 aromatic rings. The summed E-state index contributed by atoms with van der Waals surface area (Å²) in [6.45, 7) is 0. The van der Waals surface area contributed by atoms with Crippen molar-refractivity contribution in [2.24, 2.45) is 0 Å². The Balaban J connectivity index is 0.973. The molecule has 0 aliphatic heterocycles. The van der Waals surface area contributed by atoms with E-state index in [0.29, 0.717) is 0 Å². The highest BCUT2D eigenvalue weighted by Gasteiger charge is 2.20. The van der Waals surface area contributed by atoms with Crippen LogP contribution in [0.2, 0.25) is 0 Å². The van der Waals surface area contributed by atoms with Crippen LogP contribution in [0, 0.1) is 0 Å². The van der Waals surface area contributed by atoms with Gasteiger partial charge in [-0.05, 0) is 87.3 Å². The van der Waals surface area contributed by atoms with Crippen LogP contribution < -0.4 is 4.90 Å². The lowest BCUT2D eigenvalue weighted by Crippen LogP contribution is -2.09. The van der Waals surface area contributed by atoms with Crippen LogP contribution in [0.15, 0.2) is 233 Å². The molecule has 0 spiro atoms. The zero-order chi connectivity index (χ0) is 40.3. The minimum Gasteiger partial charge on any atom is -0.455 e. The summed E-state index contributed by atoms with van der Waals surface area (Å²) in [6, 6.07) is 79.7. The summed E-state index contributed by atoms with van der Waals surface area (Å²) < 4.78 is 13.3. The molecule has 0 bridgehead atoms. The Labute approximate surface area is 353 Å². The van der Waals surface area contributed by atoms with Crippen molar-refractivity contribution in [3.8, 4) is 44.5 Å². The van der Waals surface area contributed by atoms with E-state index in [1.807, 2.05) is 12.1 Å².